The molecule has 0 aliphatic heterocycles. The maximum Gasteiger partial charge on any atom is 0.0677 e. The van der Waals surface area contributed by atoms with Crippen molar-refractivity contribution in [2.45, 2.75) is 38.9 Å². The Balaban J connectivity index is 1.74. The Hall–Kier alpha value is -1.03. The summed E-state index contributed by atoms with van der Waals surface area (Å²) in [4.78, 5) is 0. The van der Waals surface area contributed by atoms with E-state index in [1.54, 1.807) is 6.07 Å². The number of halogens is 2. The molecule has 1 saturated carbocycles. The molecule has 0 amide bonds. The zero-order valence-electron chi connectivity index (χ0n) is 11.4. The second kappa shape index (κ2) is 5.76. The molecular formula is C15H17Cl2N3. The highest BCUT2D eigenvalue weighted by atomic mass is 35.5. The Labute approximate surface area is 128 Å². The number of nitrogens with one attached hydrogen (secondary N) is 1. The van der Waals surface area contributed by atoms with Gasteiger partial charge in [0.05, 0.1) is 12.7 Å². The molecule has 1 N–H and O–H groups in total. The lowest BCUT2D eigenvalue weighted by atomic mass is 10.2. The van der Waals surface area contributed by atoms with Crippen LogP contribution in [-0.4, -0.2) is 15.8 Å². The molecule has 2 aromatic rings. The van der Waals surface area contributed by atoms with E-state index in [1.807, 2.05) is 23.0 Å². The van der Waals surface area contributed by atoms with Crippen molar-refractivity contribution >= 4 is 23.2 Å². The monoisotopic (exact) mass is 309 g/mol. The van der Waals surface area contributed by atoms with E-state index in [0.717, 1.165) is 17.1 Å². The Morgan fingerprint density at radius 3 is 2.85 bits per heavy atom. The Morgan fingerprint density at radius 1 is 1.30 bits per heavy atom. The topological polar surface area (TPSA) is 29.9 Å². The summed E-state index contributed by atoms with van der Waals surface area (Å²) in [5, 5.41) is 9.39. The maximum atomic E-state index is 6.20. The van der Waals surface area contributed by atoms with E-state index < -0.39 is 0 Å². The minimum Gasteiger partial charge on any atom is -0.310 e. The van der Waals surface area contributed by atoms with Gasteiger partial charge in [-0.05, 0) is 43.5 Å². The van der Waals surface area contributed by atoms with Crippen molar-refractivity contribution < 1.29 is 0 Å². The highest BCUT2D eigenvalue weighted by Gasteiger charge is 2.20. The van der Waals surface area contributed by atoms with E-state index in [-0.39, 0.29) is 0 Å². The first-order valence-electron chi connectivity index (χ1n) is 6.82. The molecule has 0 atom stereocenters. The Kier molecular flexibility index (Phi) is 4.01. The van der Waals surface area contributed by atoms with Crippen LogP contribution in [0.15, 0.2) is 24.4 Å². The fourth-order valence-electron chi connectivity index (χ4n) is 2.19. The van der Waals surface area contributed by atoms with E-state index in [4.69, 9.17) is 23.2 Å². The third-order valence-corrected chi connectivity index (χ3v) is 4.30. The van der Waals surface area contributed by atoms with E-state index in [0.29, 0.717) is 17.6 Å². The molecule has 0 saturated heterocycles. The molecule has 3 nitrogen and oxygen atoms in total. The zero-order valence-corrected chi connectivity index (χ0v) is 12.9. The van der Waals surface area contributed by atoms with Gasteiger partial charge in [-0.15, -0.1) is 0 Å². The molecule has 1 aromatic carbocycles. The predicted molar refractivity (Wildman–Crippen MR) is 82.4 cm³/mol. The molecule has 1 heterocycles. The third-order valence-electron chi connectivity index (χ3n) is 3.69. The summed E-state index contributed by atoms with van der Waals surface area (Å²) in [5.41, 5.74) is 3.41. The van der Waals surface area contributed by atoms with Crippen molar-refractivity contribution in [1.29, 1.82) is 0 Å². The first-order chi connectivity index (χ1) is 9.63. The molecule has 3 rings (SSSR count). The molecule has 20 heavy (non-hydrogen) atoms. The minimum absolute atomic E-state index is 0.647. The highest BCUT2D eigenvalue weighted by Crippen LogP contribution is 2.23. The van der Waals surface area contributed by atoms with Crippen LogP contribution in [0, 0.1) is 6.92 Å². The molecular weight excluding hydrogens is 293 g/mol. The number of hydrogen-bond acceptors (Lipinski definition) is 2. The van der Waals surface area contributed by atoms with Gasteiger partial charge in [-0.25, -0.2) is 0 Å². The summed E-state index contributed by atoms with van der Waals surface area (Å²) in [5.74, 6) is 0. The van der Waals surface area contributed by atoms with Gasteiger partial charge in [0.2, 0.25) is 0 Å². The Bertz CT molecular complexity index is 618. The molecule has 0 bridgehead atoms. The lowest BCUT2D eigenvalue weighted by Crippen LogP contribution is -2.16. The van der Waals surface area contributed by atoms with Gasteiger partial charge in [0.1, 0.15) is 0 Å². The van der Waals surface area contributed by atoms with Gasteiger partial charge >= 0.3 is 0 Å². The number of hydrogen-bond donors (Lipinski definition) is 1. The molecule has 0 radical (unpaired) electrons. The average molecular weight is 310 g/mol. The van der Waals surface area contributed by atoms with Crippen LogP contribution in [0.3, 0.4) is 0 Å². The van der Waals surface area contributed by atoms with Gasteiger partial charge in [0.25, 0.3) is 0 Å². The van der Waals surface area contributed by atoms with E-state index in [1.165, 1.54) is 24.1 Å². The van der Waals surface area contributed by atoms with Crippen LogP contribution in [0.4, 0.5) is 0 Å². The molecule has 1 aromatic heterocycles. The summed E-state index contributed by atoms with van der Waals surface area (Å²) in [7, 11) is 0. The van der Waals surface area contributed by atoms with Gasteiger partial charge in [0.15, 0.2) is 0 Å². The molecule has 0 spiro atoms. The smallest absolute Gasteiger partial charge is 0.0677 e. The lowest BCUT2D eigenvalue weighted by molar-refractivity contribution is 0.654. The second-order valence-corrected chi connectivity index (χ2v) is 6.15. The van der Waals surface area contributed by atoms with Crippen LogP contribution >= 0.6 is 23.2 Å². The third kappa shape index (κ3) is 3.17. The van der Waals surface area contributed by atoms with Gasteiger partial charge < -0.3 is 5.32 Å². The molecule has 1 aliphatic rings. The number of benzene rings is 1. The molecule has 106 valence electrons. The second-order valence-electron chi connectivity index (χ2n) is 5.30. The van der Waals surface area contributed by atoms with Gasteiger partial charge in [-0.2, -0.15) is 5.10 Å². The van der Waals surface area contributed by atoms with Gasteiger partial charge in [0, 0.05) is 33.9 Å². The van der Waals surface area contributed by atoms with Crippen molar-refractivity contribution in [3.63, 3.8) is 0 Å². The van der Waals surface area contributed by atoms with Crippen molar-refractivity contribution in [3.8, 4) is 0 Å². The van der Waals surface area contributed by atoms with Crippen LogP contribution < -0.4 is 5.32 Å². The summed E-state index contributed by atoms with van der Waals surface area (Å²) in [6, 6.07) is 6.23. The average Bonchev–Trinajstić information content (AvgIpc) is 3.19. The maximum absolute atomic E-state index is 6.20. The van der Waals surface area contributed by atoms with Crippen LogP contribution in [-0.2, 0) is 13.1 Å². The van der Waals surface area contributed by atoms with Crippen LogP contribution in [0.25, 0.3) is 0 Å². The summed E-state index contributed by atoms with van der Waals surface area (Å²) in [6.45, 7) is 3.63. The number of aromatic nitrogens is 2. The number of nitrogens with zero attached hydrogens (tertiary/aromatic N) is 2. The first kappa shape index (κ1) is 13.9. The number of rotatable bonds is 5. The SMILES string of the molecule is Cc1c(CNC2CC2)cnn1Cc1cc(Cl)ccc1Cl. The van der Waals surface area contributed by atoms with Crippen molar-refractivity contribution in [2.24, 2.45) is 0 Å². The van der Waals surface area contributed by atoms with Crippen molar-refractivity contribution in [1.82, 2.24) is 15.1 Å². The summed E-state index contributed by atoms with van der Waals surface area (Å²) < 4.78 is 1.97. The molecule has 5 heteroatoms. The van der Waals surface area contributed by atoms with Gasteiger partial charge in [-0.1, -0.05) is 23.2 Å². The largest absolute Gasteiger partial charge is 0.310 e. The fraction of sp³-hybridized carbons (Fsp3) is 0.400. The van der Waals surface area contributed by atoms with E-state index in [9.17, 15) is 0 Å². The molecule has 1 aliphatic carbocycles. The van der Waals surface area contributed by atoms with Crippen LogP contribution in [0.1, 0.15) is 29.7 Å². The fourth-order valence-corrected chi connectivity index (χ4v) is 2.56. The standard InChI is InChI=1S/C15H17Cl2N3/c1-10-12(7-18-14-3-4-14)8-19-20(10)9-11-6-13(16)2-5-15(11)17/h2,5-6,8,14,18H,3-4,7,9H2,1H3. The zero-order chi connectivity index (χ0) is 14.1. The quantitative estimate of drug-likeness (QED) is 0.910. The minimum atomic E-state index is 0.647. The summed E-state index contributed by atoms with van der Waals surface area (Å²) >= 11 is 12.2. The molecule has 1 fully saturated rings. The van der Waals surface area contributed by atoms with E-state index >= 15 is 0 Å². The van der Waals surface area contributed by atoms with Gasteiger partial charge in [-0.3, -0.25) is 4.68 Å². The normalized spacial score (nSPS) is 14.8. The van der Waals surface area contributed by atoms with E-state index in [2.05, 4.69) is 17.3 Å². The molecule has 0 unspecified atom stereocenters. The van der Waals surface area contributed by atoms with Crippen LogP contribution in [0.5, 0.6) is 0 Å². The predicted octanol–water partition coefficient (Wildman–Crippen LogP) is 3.80. The lowest BCUT2D eigenvalue weighted by Gasteiger charge is -2.08. The van der Waals surface area contributed by atoms with Crippen LogP contribution in [0.2, 0.25) is 10.0 Å². The summed E-state index contributed by atoms with van der Waals surface area (Å²) in [6.07, 6.45) is 4.53. The highest BCUT2D eigenvalue weighted by molar-refractivity contribution is 6.33. The van der Waals surface area contributed by atoms with Crippen molar-refractivity contribution in [2.75, 3.05) is 0 Å². The first-order valence-corrected chi connectivity index (χ1v) is 7.57. The Morgan fingerprint density at radius 2 is 2.10 bits per heavy atom. The van der Waals surface area contributed by atoms with Crippen molar-refractivity contribution in [3.05, 3.63) is 51.3 Å².